The number of ether oxygens (including phenoxy) is 2. The molecule has 0 aliphatic heterocycles. The third kappa shape index (κ3) is 3.72. The van der Waals surface area contributed by atoms with Crippen molar-refractivity contribution >= 4 is 23.3 Å². The van der Waals surface area contributed by atoms with Gasteiger partial charge < -0.3 is 15.2 Å². The fourth-order valence-corrected chi connectivity index (χ4v) is 1.31. The molecule has 0 unspecified atom stereocenters. The van der Waals surface area contributed by atoms with Crippen molar-refractivity contribution in [3.8, 4) is 0 Å². The van der Waals surface area contributed by atoms with Gasteiger partial charge in [0.25, 0.3) is 0 Å². The highest BCUT2D eigenvalue weighted by molar-refractivity contribution is 6.33. The molecule has 16 heavy (non-hydrogen) atoms. The molecule has 0 saturated heterocycles. The maximum absolute atomic E-state index is 11.6. The third-order valence-electron chi connectivity index (χ3n) is 1.88. The highest BCUT2D eigenvalue weighted by Crippen LogP contribution is 2.19. The molecule has 0 atom stereocenters. The number of esters is 1. The van der Waals surface area contributed by atoms with E-state index in [-0.39, 0.29) is 12.2 Å². The number of nitrogen functional groups attached to an aromatic ring is 1. The predicted octanol–water partition coefficient (Wildman–Crippen LogP) is 2.12. The number of anilines is 1. The second-order valence-corrected chi connectivity index (χ2v) is 3.48. The maximum Gasteiger partial charge on any atom is 0.339 e. The van der Waals surface area contributed by atoms with Crippen LogP contribution in [0.15, 0.2) is 18.2 Å². The Morgan fingerprint density at radius 2 is 2.19 bits per heavy atom. The predicted molar refractivity (Wildman–Crippen MR) is 62.6 cm³/mol. The van der Waals surface area contributed by atoms with Gasteiger partial charge in [0.15, 0.2) is 0 Å². The molecule has 1 aromatic carbocycles. The van der Waals surface area contributed by atoms with Crippen LogP contribution in [0.25, 0.3) is 0 Å². The molecule has 4 nitrogen and oxygen atoms in total. The Kier molecular flexibility index (Phi) is 5.08. The number of halogens is 1. The molecule has 0 radical (unpaired) electrons. The van der Waals surface area contributed by atoms with E-state index in [1.54, 1.807) is 12.1 Å². The molecule has 2 N–H and O–H groups in total. The first-order chi connectivity index (χ1) is 7.65. The molecular weight excluding hydrogens is 230 g/mol. The zero-order valence-electron chi connectivity index (χ0n) is 9.03. The molecule has 1 aromatic rings. The van der Waals surface area contributed by atoms with Crippen LogP contribution in [0, 0.1) is 0 Å². The highest BCUT2D eigenvalue weighted by atomic mass is 35.5. The van der Waals surface area contributed by atoms with Gasteiger partial charge in [0, 0.05) is 12.3 Å². The fourth-order valence-electron chi connectivity index (χ4n) is 1.11. The summed E-state index contributed by atoms with van der Waals surface area (Å²) >= 11 is 5.84. The highest BCUT2D eigenvalue weighted by Gasteiger charge is 2.11. The minimum Gasteiger partial charge on any atom is -0.460 e. The largest absolute Gasteiger partial charge is 0.460 e. The first-order valence-electron chi connectivity index (χ1n) is 4.95. The molecule has 0 bridgehead atoms. The van der Waals surface area contributed by atoms with Crippen LogP contribution in [0.3, 0.4) is 0 Å². The standard InChI is InChI=1S/C11H14ClNO3/c1-2-15-5-6-16-11(14)9-7-8(13)3-4-10(9)12/h3-4,7H,2,5-6,13H2,1H3. The van der Waals surface area contributed by atoms with Gasteiger partial charge in [-0.25, -0.2) is 4.79 Å². The minimum absolute atomic E-state index is 0.206. The maximum atomic E-state index is 11.6. The molecule has 0 saturated carbocycles. The quantitative estimate of drug-likeness (QED) is 0.489. The topological polar surface area (TPSA) is 61.5 Å². The van der Waals surface area contributed by atoms with E-state index in [2.05, 4.69) is 0 Å². The van der Waals surface area contributed by atoms with E-state index < -0.39 is 5.97 Å². The van der Waals surface area contributed by atoms with Crippen LogP contribution in [-0.2, 0) is 9.47 Å². The summed E-state index contributed by atoms with van der Waals surface area (Å²) in [5, 5.41) is 0.329. The van der Waals surface area contributed by atoms with Gasteiger partial charge in [-0.1, -0.05) is 11.6 Å². The van der Waals surface area contributed by atoms with Gasteiger partial charge in [0.05, 0.1) is 17.2 Å². The molecule has 0 heterocycles. The van der Waals surface area contributed by atoms with Crippen LogP contribution >= 0.6 is 11.6 Å². The summed E-state index contributed by atoms with van der Waals surface area (Å²) in [7, 11) is 0. The average Bonchev–Trinajstić information content (AvgIpc) is 2.27. The summed E-state index contributed by atoms with van der Waals surface area (Å²) in [5.74, 6) is -0.489. The lowest BCUT2D eigenvalue weighted by atomic mass is 10.2. The van der Waals surface area contributed by atoms with Gasteiger partial charge in [-0.15, -0.1) is 0 Å². The molecule has 5 heteroatoms. The van der Waals surface area contributed by atoms with Crippen molar-refractivity contribution in [1.82, 2.24) is 0 Å². The van der Waals surface area contributed by atoms with Gasteiger partial charge in [0.1, 0.15) is 6.61 Å². The van der Waals surface area contributed by atoms with E-state index in [9.17, 15) is 4.79 Å². The monoisotopic (exact) mass is 243 g/mol. The van der Waals surface area contributed by atoms with Crippen LogP contribution in [-0.4, -0.2) is 25.8 Å². The fraction of sp³-hybridized carbons (Fsp3) is 0.364. The second kappa shape index (κ2) is 6.35. The van der Waals surface area contributed by atoms with Crippen molar-refractivity contribution in [2.24, 2.45) is 0 Å². The Bertz CT molecular complexity index is 368. The van der Waals surface area contributed by atoms with E-state index in [0.717, 1.165) is 0 Å². The lowest BCUT2D eigenvalue weighted by Crippen LogP contribution is -2.11. The summed E-state index contributed by atoms with van der Waals surface area (Å²) < 4.78 is 10.0. The van der Waals surface area contributed by atoms with Crippen LogP contribution in [0.2, 0.25) is 5.02 Å². The Balaban J connectivity index is 2.55. The Morgan fingerprint density at radius 1 is 1.44 bits per heavy atom. The molecule has 0 aromatic heterocycles. The number of nitrogens with two attached hydrogens (primary N) is 1. The SMILES string of the molecule is CCOCCOC(=O)c1cc(N)ccc1Cl. The molecule has 0 aliphatic rings. The first-order valence-corrected chi connectivity index (χ1v) is 5.33. The molecule has 0 spiro atoms. The number of hydrogen-bond donors (Lipinski definition) is 1. The lowest BCUT2D eigenvalue weighted by Gasteiger charge is -2.06. The van der Waals surface area contributed by atoms with Gasteiger partial charge in [-0.2, -0.15) is 0 Å². The molecule has 1 rings (SSSR count). The third-order valence-corrected chi connectivity index (χ3v) is 2.20. The summed E-state index contributed by atoms with van der Waals surface area (Å²) in [4.78, 5) is 11.6. The van der Waals surface area contributed by atoms with Gasteiger partial charge in [0.2, 0.25) is 0 Å². The zero-order valence-corrected chi connectivity index (χ0v) is 9.79. The molecule has 0 amide bonds. The van der Waals surface area contributed by atoms with Crippen LogP contribution in [0.5, 0.6) is 0 Å². The summed E-state index contributed by atoms with van der Waals surface area (Å²) in [6.07, 6.45) is 0. The van der Waals surface area contributed by atoms with E-state index in [1.807, 2.05) is 6.92 Å². The van der Waals surface area contributed by atoms with E-state index in [0.29, 0.717) is 23.9 Å². The van der Waals surface area contributed by atoms with Crippen molar-refractivity contribution in [2.45, 2.75) is 6.92 Å². The molecule has 88 valence electrons. The van der Waals surface area contributed by atoms with Crippen LogP contribution < -0.4 is 5.73 Å². The van der Waals surface area contributed by atoms with Crippen LogP contribution in [0.1, 0.15) is 17.3 Å². The number of carbonyl (C=O) groups excluding carboxylic acids is 1. The Morgan fingerprint density at radius 3 is 2.88 bits per heavy atom. The Hall–Kier alpha value is -1.26. The summed E-state index contributed by atoms with van der Waals surface area (Å²) in [6.45, 7) is 3.05. The number of carbonyl (C=O) groups is 1. The number of rotatable bonds is 5. The summed E-state index contributed by atoms with van der Waals surface area (Å²) in [6, 6.07) is 4.68. The minimum atomic E-state index is -0.489. The van der Waals surface area contributed by atoms with Gasteiger partial charge in [-0.3, -0.25) is 0 Å². The normalized spacial score (nSPS) is 10.1. The van der Waals surface area contributed by atoms with Crippen LogP contribution in [0.4, 0.5) is 5.69 Å². The van der Waals surface area contributed by atoms with Crippen molar-refractivity contribution in [3.05, 3.63) is 28.8 Å². The number of benzene rings is 1. The molecule has 0 fully saturated rings. The second-order valence-electron chi connectivity index (χ2n) is 3.07. The average molecular weight is 244 g/mol. The van der Waals surface area contributed by atoms with Crippen molar-refractivity contribution in [2.75, 3.05) is 25.6 Å². The Labute approximate surface area is 99.3 Å². The van der Waals surface area contributed by atoms with Gasteiger partial charge >= 0.3 is 5.97 Å². The van der Waals surface area contributed by atoms with Crippen molar-refractivity contribution in [1.29, 1.82) is 0 Å². The van der Waals surface area contributed by atoms with Crippen molar-refractivity contribution in [3.63, 3.8) is 0 Å². The zero-order chi connectivity index (χ0) is 12.0. The molecular formula is C11H14ClNO3. The molecule has 0 aliphatic carbocycles. The van der Waals surface area contributed by atoms with Crippen molar-refractivity contribution < 1.29 is 14.3 Å². The smallest absolute Gasteiger partial charge is 0.339 e. The van der Waals surface area contributed by atoms with E-state index in [4.69, 9.17) is 26.8 Å². The number of hydrogen-bond acceptors (Lipinski definition) is 4. The lowest BCUT2D eigenvalue weighted by molar-refractivity contribution is 0.0335. The summed E-state index contributed by atoms with van der Waals surface area (Å²) in [5.41, 5.74) is 6.30. The van der Waals surface area contributed by atoms with E-state index in [1.165, 1.54) is 6.07 Å². The van der Waals surface area contributed by atoms with Gasteiger partial charge in [-0.05, 0) is 25.1 Å². The first kappa shape index (κ1) is 12.8. The van der Waals surface area contributed by atoms with E-state index >= 15 is 0 Å².